The van der Waals surface area contributed by atoms with E-state index in [0.717, 1.165) is 15.6 Å². The van der Waals surface area contributed by atoms with Crippen molar-refractivity contribution in [3.63, 3.8) is 0 Å². The van der Waals surface area contributed by atoms with Crippen molar-refractivity contribution in [2.45, 2.75) is 19.4 Å². The van der Waals surface area contributed by atoms with Crippen LogP contribution in [0, 0.1) is 12.7 Å². The van der Waals surface area contributed by atoms with Gasteiger partial charge in [0.05, 0.1) is 0 Å². The molecule has 94 valence electrons. The Balaban J connectivity index is 2.19. The first kappa shape index (κ1) is 13.2. The highest BCUT2D eigenvalue weighted by molar-refractivity contribution is 9.10. The van der Waals surface area contributed by atoms with Gasteiger partial charge >= 0.3 is 0 Å². The number of pyridine rings is 1. The second kappa shape index (κ2) is 5.59. The van der Waals surface area contributed by atoms with E-state index >= 15 is 0 Å². The Bertz CT molecular complexity index is 557. The fraction of sp³-hybridized carbons (Fsp3) is 0.214. The van der Waals surface area contributed by atoms with Gasteiger partial charge in [0.2, 0.25) is 0 Å². The van der Waals surface area contributed by atoms with E-state index < -0.39 is 0 Å². The summed E-state index contributed by atoms with van der Waals surface area (Å²) < 4.78 is 14.7. The molecule has 0 spiro atoms. The first-order valence-corrected chi connectivity index (χ1v) is 6.46. The van der Waals surface area contributed by atoms with E-state index in [9.17, 15) is 4.39 Å². The van der Waals surface area contributed by atoms with Crippen molar-refractivity contribution in [3.05, 3.63) is 63.6 Å². The number of rotatable bonds is 3. The number of nitrogens with two attached hydrogens (primary N) is 1. The van der Waals surface area contributed by atoms with E-state index in [1.807, 2.05) is 19.1 Å². The molecule has 2 aromatic rings. The van der Waals surface area contributed by atoms with E-state index in [4.69, 9.17) is 5.73 Å². The zero-order valence-electron chi connectivity index (χ0n) is 10.0. The molecule has 1 aromatic heterocycles. The number of hydrogen-bond donors (Lipinski definition) is 1. The minimum atomic E-state index is -0.360. The average Bonchev–Trinajstić information content (AvgIpc) is 2.28. The zero-order valence-corrected chi connectivity index (χ0v) is 11.6. The van der Waals surface area contributed by atoms with E-state index in [0.29, 0.717) is 12.0 Å². The predicted octanol–water partition coefficient (Wildman–Crippen LogP) is 3.53. The molecule has 0 saturated heterocycles. The molecule has 0 radical (unpaired) electrons. The van der Waals surface area contributed by atoms with Crippen LogP contribution < -0.4 is 5.73 Å². The summed E-state index contributed by atoms with van der Waals surface area (Å²) in [6.45, 7) is 1.86. The molecule has 1 aromatic carbocycles. The lowest BCUT2D eigenvalue weighted by Crippen LogP contribution is -2.15. The summed E-state index contributed by atoms with van der Waals surface area (Å²) in [5, 5.41) is 0. The van der Waals surface area contributed by atoms with Crippen molar-refractivity contribution < 1.29 is 4.39 Å². The van der Waals surface area contributed by atoms with E-state index in [-0.39, 0.29) is 11.9 Å². The summed E-state index contributed by atoms with van der Waals surface area (Å²) in [6.07, 6.45) is 4.02. The average molecular weight is 309 g/mol. The van der Waals surface area contributed by atoms with Crippen LogP contribution in [0.3, 0.4) is 0 Å². The summed E-state index contributed by atoms with van der Waals surface area (Å²) in [4.78, 5) is 4.07. The van der Waals surface area contributed by atoms with Gasteiger partial charge in [0.15, 0.2) is 0 Å². The minimum absolute atomic E-state index is 0.245. The van der Waals surface area contributed by atoms with E-state index in [2.05, 4.69) is 20.9 Å². The summed E-state index contributed by atoms with van der Waals surface area (Å²) in [6, 6.07) is 6.72. The Labute approximate surface area is 114 Å². The molecule has 0 fully saturated rings. The first-order valence-electron chi connectivity index (χ1n) is 5.67. The smallest absolute Gasteiger partial charge is 0.128 e. The number of aromatic nitrogens is 1. The molecule has 0 aliphatic heterocycles. The second-order valence-corrected chi connectivity index (χ2v) is 5.26. The van der Waals surface area contributed by atoms with Crippen molar-refractivity contribution in [2.75, 3.05) is 0 Å². The van der Waals surface area contributed by atoms with Gasteiger partial charge in [-0.15, -0.1) is 0 Å². The van der Waals surface area contributed by atoms with Crippen molar-refractivity contribution in [2.24, 2.45) is 5.73 Å². The molecule has 1 unspecified atom stereocenters. The molecule has 0 amide bonds. The number of hydrogen-bond acceptors (Lipinski definition) is 2. The van der Waals surface area contributed by atoms with Crippen molar-refractivity contribution >= 4 is 15.9 Å². The Morgan fingerprint density at radius 2 is 2.11 bits per heavy atom. The Morgan fingerprint density at radius 3 is 2.78 bits per heavy atom. The van der Waals surface area contributed by atoms with Gasteiger partial charge in [0, 0.05) is 28.5 Å². The van der Waals surface area contributed by atoms with Crippen molar-refractivity contribution in [1.29, 1.82) is 0 Å². The Hall–Kier alpha value is -1.26. The van der Waals surface area contributed by atoms with Gasteiger partial charge in [-0.3, -0.25) is 4.98 Å². The molecule has 0 aliphatic rings. The van der Waals surface area contributed by atoms with Crippen LogP contribution >= 0.6 is 15.9 Å². The standard InChI is InChI=1S/C14H14BrFN2/c1-9-2-3-12(13(16)4-9)14(17)6-10-5-11(15)8-18-7-10/h2-5,7-8,14H,6,17H2,1H3. The number of nitrogens with zero attached hydrogens (tertiary/aromatic N) is 1. The lowest BCUT2D eigenvalue weighted by molar-refractivity contribution is 0.579. The second-order valence-electron chi connectivity index (χ2n) is 4.35. The summed E-state index contributed by atoms with van der Waals surface area (Å²) >= 11 is 3.35. The summed E-state index contributed by atoms with van der Waals surface area (Å²) in [7, 11) is 0. The van der Waals surface area contributed by atoms with Gasteiger partial charge in [-0.1, -0.05) is 12.1 Å². The molecule has 1 atom stereocenters. The zero-order chi connectivity index (χ0) is 13.1. The van der Waals surface area contributed by atoms with Crippen LogP contribution in [-0.2, 0) is 6.42 Å². The molecule has 0 saturated carbocycles. The highest BCUT2D eigenvalue weighted by Gasteiger charge is 2.12. The van der Waals surface area contributed by atoms with Crippen LogP contribution in [0.1, 0.15) is 22.7 Å². The van der Waals surface area contributed by atoms with Gasteiger partial charge in [0.25, 0.3) is 0 Å². The first-order chi connectivity index (χ1) is 8.56. The molecular weight excluding hydrogens is 295 g/mol. The third kappa shape index (κ3) is 3.15. The molecule has 2 nitrogen and oxygen atoms in total. The highest BCUT2D eigenvalue weighted by atomic mass is 79.9. The summed E-state index contributed by atoms with van der Waals surface area (Å²) in [5.74, 6) is -0.245. The molecule has 2 rings (SSSR count). The van der Waals surface area contributed by atoms with Crippen LogP contribution in [0.4, 0.5) is 4.39 Å². The summed E-state index contributed by atoms with van der Waals surface area (Å²) in [5.41, 5.74) is 8.47. The molecule has 1 heterocycles. The molecule has 18 heavy (non-hydrogen) atoms. The molecule has 2 N–H and O–H groups in total. The number of aryl methyl sites for hydroxylation is 1. The van der Waals surface area contributed by atoms with Crippen LogP contribution in [-0.4, -0.2) is 4.98 Å². The number of halogens is 2. The highest BCUT2D eigenvalue weighted by Crippen LogP contribution is 2.21. The maximum atomic E-state index is 13.8. The van der Waals surface area contributed by atoms with Gasteiger partial charge in [-0.2, -0.15) is 0 Å². The third-order valence-electron chi connectivity index (χ3n) is 2.77. The third-order valence-corrected chi connectivity index (χ3v) is 3.21. The lowest BCUT2D eigenvalue weighted by Gasteiger charge is -2.13. The normalized spacial score (nSPS) is 12.4. The van der Waals surface area contributed by atoms with Crippen LogP contribution in [0.2, 0.25) is 0 Å². The Morgan fingerprint density at radius 1 is 1.33 bits per heavy atom. The molecule has 0 bridgehead atoms. The topological polar surface area (TPSA) is 38.9 Å². The lowest BCUT2D eigenvalue weighted by atomic mass is 9.99. The monoisotopic (exact) mass is 308 g/mol. The predicted molar refractivity (Wildman–Crippen MR) is 73.7 cm³/mol. The van der Waals surface area contributed by atoms with Gasteiger partial charge < -0.3 is 5.73 Å². The van der Waals surface area contributed by atoms with Gasteiger partial charge in [-0.05, 0) is 52.5 Å². The van der Waals surface area contributed by atoms with Gasteiger partial charge in [-0.25, -0.2) is 4.39 Å². The largest absolute Gasteiger partial charge is 0.324 e. The number of benzene rings is 1. The quantitative estimate of drug-likeness (QED) is 0.942. The fourth-order valence-corrected chi connectivity index (χ4v) is 2.28. The SMILES string of the molecule is Cc1ccc(C(N)Cc2cncc(Br)c2)c(F)c1. The molecular formula is C14H14BrFN2. The van der Waals surface area contributed by atoms with Crippen molar-refractivity contribution in [1.82, 2.24) is 4.98 Å². The van der Waals surface area contributed by atoms with Crippen molar-refractivity contribution in [3.8, 4) is 0 Å². The maximum absolute atomic E-state index is 13.8. The van der Waals surface area contributed by atoms with Gasteiger partial charge in [0.1, 0.15) is 5.82 Å². The fourth-order valence-electron chi connectivity index (χ4n) is 1.86. The van der Waals surface area contributed by atoms with Crippen LogP contribution in [0.25, 0.3) is 0 Å². The van der Waals surface area contributed by atoms with E-state index in [1.54, 1.807) is 18.5 Å². The molecule has 0 aliphatic carbocycles. The Kier molecular flexibility index (Phi) is 4.09. The minimum Gasteiger partial charge on any atom is -0.324 e. The van der Waals surface area contributed by atoms with E-state index in [1.165, 1.54) is 6.07 Å². The van der Waals surface area contributed by atoms with Crippen LogP contribution in [0.15, 0.2) is 41.1 Å². The molecule has 4 heteroatoms. The maximum Gasteiger partial charge on any atom is 0.128 e. The van der Waals surface area contributed by atoms with Crippen LogP contribution in [0.5, 0.6) is 0 Å².